The number of carboxylic acids is 1. The second-order valence-corrected chi connectivity index (χ2v) is 7.96. The Hall–Kier alpha value is -0.620. The third-order valence-electron chi connectivity index (χ3n) is 4.45. The quantitative estimate of drug-likeness (QED) is 0.805. The Morgan fingerprint density at radius 3 is 2.17 bits per heavy atom. The Morgan fingerprint density at radius 1 is 1.22 bits per heavy atom. The van der Waals surface area contributed by atoms with Crippen molar-refractivity contribution >= 4 is 15.8 Å². The molecule has 18 heavy (non-hydrogen) atoms. The maximum atomic E-state index is 11.7. The van der Waals surface area contributed by atoms with Crippen LogP contribution in [-0.4, -0.2) is 54.5 Å². The van der Waals surface area contributed by atoms with Crippen molar-refractivity contribution < 1.29 is 18.3 Å². The topological polar surface area (TPSA) is 74.7 Å². The number of rotatable bonds is 2. The lowest BCUT2D eigenvalue weighted by Gasteiger charge is -2.45. The number of nitrogens with zero attached hydrogens (tertiary/aromatic N) is 1. The van der Waals surface area contributed by atoms with Gasteiger partial charge >= 0.3 is 5.97 Å². The van der Waals surface area contributed by atoms with E-state index in [-0.39, 0.29) is 11.5 Å². The second kappa shape index (κ2) is 4.81. The SMILES string of the molecule is CC1CCC(C(=O)O)(N2CCS(=O)(=O)CC2)CC1. The molecule has 0 unspecified atom stereocenters. The normalized spacial score (nSPS) is 37.3. The van der Waals surface area contributed by atoms with Gasteiger partial charge in [0.15, 0.2) is 9.84 Å². The van der Waals surface area contributed by atoms with Crippen molar-refractivity contribution in [3.63, 3.8) is 0 Å². The summed E-state index contributed by atoms with van der Waals surface area (Å²) in [6.07, 6.45) is 3.11. The molecule has 5 nitrogen and oxygen atoms in total. The Labute approximate surface area is 108 Å². The average molecular weight is 275 g/mol. The third-order valence-corrected chi connectivity index (χ3v) is 6.06. The Bertz CT molecular complexity index is 409. The molecule has 2 aliphatic rings. The summed E-state index contributed by atoms with van der Waals surface area (Å²) in [6.45, 7) is 2.87. The van der Waals surface area contributed by atoms with Gasteiger partial charge in [0.25, 0.3) is 0 Å². The maximum absolute atomic E-state index is 11.7. The van der Waals surface area contributed by atoms with Crippen LogP contribution in [0.5, 0.6) is 0 Å². The van der Waals surface area contributed by atoms with E-state index in [0.717, 1.165) is 12.8 Å². The average Bonchev–Trinajstić information content (AvgIpc) is 2.30. The molecule has 0 atom stereocenters. The summed E-state index contributed by atoms with van der Waals surface area (Å²) in [4.78, 5) is 13.5. The first-order valence-corrected chi connectivity index (χ1v) is 8.37. The molecule has 1 saturated carbocycles. The van der Waals surface area contributed by atoms with E-state index in [1.54, 1.807) is 0 Å². The van der Waals surface area contributed by atoms with E-state index in [1.807, 2.05) is 4.90 Å². The zero-order valence-electron chi connectivity index (χ0n) is 10.8. The highest BCUT2D eigenvalue weighted by Crippen LogP contribution is 2.37. The number of hydrogen-bond donors (Lipinski definition) is 1. The molecule has 0 aromatic heterocycles. The lowest BCUT2D eigenvalue weighted by molar-refractivity contribution is -0.154. The Kier molecular flexibility index (Phi) is 3.69. The summed E-state index contributed by atoms with van der Waals surface area (Å²) in [6, 6.07) is 0. The fourth-order valence-electron chi connectivity index (χ4n) is 3.05. The molecule has 1 saturated heterocycles. The summed E-state index contributed by atoms with van der Waals surface area (Å²) < 4.78 is 22.9. The molecule has 0 bridgehead atoms. The molecule has 2 rings (SSSR count). The molecule has 0 spiro atoms. The first-order chi connectivity index (χ1) is 8.36. The van der Waals surface area contributed by atoms with Crippen molar-refractivity contribution in [1.29, 1.82) is 0 Å². The summed E-state index contributed by atoms with van der Waals surface area (Å²) >= 11 is 0. The van der Waals surface area contributed by atoms with Crippen LogP contribution >= 0.6 is 0 Å². The van der Waals surface area contributed by atoms with Gasteiger partial charge in [-0.2, -0.15) is 0 Å². The van der Waals surface area contributed by atoms with Crippen LogP contribution < -0.4 is 0 Å². The van der Waals surface area contributed by atoms with Crippen molar-refractivity contribution in [2.24, 2.45) is 5.92 Å². The van der Waals surface area contributed by atoms with E-state index in [4.69, 9.17) is 0 Å². The minimum Gasteiger partial charge on any atom is -0.480 e. The zero-order chi connectivity index (χ0) is 13.4. The molecule has 2 fully saturated rings. The fourth-order valence-corrected chi connectivity index (χ4v) is 4.25. The van der Waals surface area contributed by atoms with E-state index in [1.165, 1.54) is 0 Å². The maximum Gasteiger partial charge on any atom is 0.324 e. The molecule has 1 aliphatic carbocycles. The third kappa shape index (κ3) is 2.54. The predicted octanol–water partition coefficient (Wildman–Crippen LogP) is 0.750. The first-order valence-electron chi connectivity index (χ1n) is 6.55. The first kappa shape index (κ1) is 13.8. The molecule has 1 aliphatic heterocycles. The number of aliphatic carboxylic acids is 1. The smallest absolute Gasteiger partial charge is 0.324 e. The van der Waals surface area contributed by atoms with E-state index >= 15 is 0 Å². The summed E-state index contributed by atoms with van der Waals surface area (Å²) in [5.41, 5.74) is -0.817. The molecule has 0 amide bonds. The monoisotopic (exact) mass is 275 g/mol. The standard InChI is InChI=1S/C12H21NO4S/c1-10-2-4-12(5-3-10,11(14)15)13-6-8-18(16,17)9-7-13/h10H,2-9H2,1H3,(H,14,15). The van der Waals surface area contributed by atoms with E-state index in [9.17, 15) is 18.3 Å². The van der Waals surface area contributed by atoms with Gasteiger partial charge < -0.3 is 5.11 Å². The van der Waals surface area contributed by atoms with Gasteiger partial charge in [-0.1, -0.05) is 6.92 Å². The molecule has 1 heterocycles. The highest BCUT2D eigenvalue weighted by atomic mass is 32.2. The number of hydrogen-bond acceptors (Lipinski definition) is 4. The van der Waals surface area contributed by atoms with Crippen LogP contribution in [0.15, 0.2) is 0 Å². The van der Waals surface area contributed by atoms with Crippen molar-refractivity contribution in [2.75, 3.05) is 24.6 Å². The van der Waals surface area contributed by atoms with Gasteiger partial charge in [0.1, 0.15) is 5.54 Å². The van der Waals surface area contributed by atoms with Crippen LogP contribution in [0.1, 0.15) is 32.6 Å². The van der Waals surface area contributed by atoms with Crippen LogP contribution in [0.2, 0.25) is 0 Å². The molecule has 1 N–H and O–H groups in total. The molecule has 6 heteroatoms. The highest BCUT2D eigenvalue weighted by Gasteiger charge is 2.47. The Morgan fingerprint density at radius 2 is 1.72 bits per heavy atom. The van der Waals surface area contributed by atoms with Crippen molar-refractivity contribution in [3.05, 3.63) is 0 Å². The summed E-state index contributed by atoms with van der Waals surface area (Å²) in [5, 5.41) is 9.57. The highest BCUT2D eigenvalue weighted by molar-refractivity contribution is 7.91. The Balaban J connectivity index is 2.14. The largest absolute Gasteiger partial charge is 0.480 e. The van der Waals surface area contributed by atoms with Crippen molar-refractivity contribution in [1.82, 2.24) is 4.90 Å². The lowest BCUT2D eigenvalue weighted by atomic mass is 9.76. The second-order valence-electron chi connectivity index (χ2n) is 5.66. The van der Waals surface area contributed by atoms with Gasteiger partial charge in [0.2, 0.25) is 0 Å². The summed E-state index contributed by atoms with van der Waals surface area (Å²) in [5.74, 6) is -0.0190. The molecule has 0 radical (unpaired) electrons. The minimum absolute atomic E-state index is 0.0948. The van der Waals surface area contributed by atoms with E-state index in [0.29, 0.717) is 31.8 Å². The molecule has 104 valence electrons. The van der Waals surface area contributed by atoms with Crippen LogP contribution in [-0.2, 0) is 14.6 Å². The van der Waals surface area contributed by atoms with Gasteiger partial charge in [0, 0.05) is 13.1 Å². The van der Waals surface area contributed by atoms with Crippen molar-refractivity contribution in [3.8, 4) is 0 Å². The van der Waals surface area contributed by atoms with E-state index in [2.05, 4.69) is 6.92 Å². The van der Waals surface area contributed by atoms with Crippen LogP contribution in [0, 0.1) is 5.92 Å². The van der Waals surface area contributed by atoms with Gasteiger partial charge in [0.05, 0.1) is 11.5 Å². The minimum atomic E-state index is -2.95. The van der Waals surface area contributed by atoms with Gasteiger partial charge in [-0.15, -0.1) is 0 Å². The number of carbonyl (C=O) groups is 1. The lowest BCUT2D eigenvalue weighted by Crippen LogP contribution is -2.60. The number of sulfone groups is 1. The molecule has 0 aromatic carbocycles. The van der Waals surface area contributed by atoms with E-state index < -0.39 is 21.3 Å². The summed E-state index contributed by atoms with van der Waals surface area (Å²) in [7, 11) is -2.95. The van der Waals surface area contributed by atoms with Crippen LogP contribution in [0.4, 0.5) is 0 Å². The fraction of sp³-hybridized carbons (Fsp3) is 0.917. The predicted molar refractivity (Wildman–Crippen MR) is 68.2 cm³/mol. The van der Waals surface area contributed by atoms with Gasteiger partial charge in [-0.05, 0) is 31.6 Å². The van der Waals surface area contributed by atoms with Gasteiger partial charge in [-0.25, -0.2) is 8.42 Å². The van der Waals surface area contributed by atoms with Crippen LogP contribution in [0.25, 0.3) is 0 Å². The number of carboxylic acid groups (broad SMARTS) is 1. The molecule has 0 aromatic rings. The molecular formula is C12H21NO4S. The van der Waals surface area contributed by atoms with Gasteiger partial charge in [-0.3, -0.25) is 9.69 Å². The molecular weight excluding hydrogens is 254 g/mol. The van der Waals surface area contributed by atoms with Crippen LogP contribution in [0.3, 0.4) is 0 Å². The zero-order valence-corrected chi connectivity index (χ0v) is 11.6. The van der Waals surface area contributed by atoms with Crippen molar-refractivity contribution in [2.45, 2.75) is 38.1 Å².